The molecule has 4 nitrogen and oxygen atoms in total. The maximum absolute atomic E-state index is 10.5. The first kappa shape index (κ1) is 21.1. The van der Waals surface area contributed by atoms with Crippen LogP contribution in [0.2, 0.25) is 5.02 Å². The highest BCUT2D eigenvalue weighted by molar-refractivity contribution is 9.13. The Hall–Kier alpha value is -1.24. The summed E-state index contributed by atoms with van der Waals surface area (Å²) in [5.74, 6) is 0.199. The fourth-order valence-corrected chi connectivity index (χ4v) is 3.29. The highest BCUT2D eigenvalue weighted by Crippen LogP contribution is 2.42. The Morgan fingerprint density at radius 2 is 1.81 bits per heavy atom. The lowest BCUT2D eigenvalue weighted by molar-refractivity contribution is 0.317. The number of nitrogens with zero attached hydrogens (tertiary/aromatic N) is 1. The van der Waals surface area contributed by atoms with Gasteiger partial charge in [-0.1, -0.05) is 32.4 Å². The first-order chi connectivity index (χ1) is 12.1. The molecule has 26 heavy (non-hydrogen) atoms. The lowest BCUT2D eigenvalue weighted by atomic mass is 9.87. The molecule has 0 aliphatic heterocycles. The molecule has 0 aliphatic carbocycles. The van der Waals surface area contributed by atoms with Gasteiger partial charge >= 0.3 is 0 Å². The van der Waals surface area contributed by atoms with Gasteiger partial charge in [-0.15, -0.1) is 0 Å². The van der Waals surface area contributed by atoms with Gasteiger partial charge in [0.25, 0.3) is 0 Å². The number of hydrogen-bond acceptors (Lipinski definition) is 4. The highest BCUT2D eigenvalue weighted by atomic mass is 79.9. The van der Waals surface area contributed by atoms with Crippen molar-refractivity contribution in [2.24, 2.45) is 4.99 Å². The Balaban J connectivity index is 2.56. The molecule has 2 aromatic rings. The minimum atomic E-state index is -0.151. The van der Waals surface area contributed by atoms with Crippen LogP contribution in [0, 0.1) is 0 Å². The monoisotopic (exact) mass is 503 g/mol. The number of aliphatic imine (C=N–C) groups is 1. The van der Waals surface area contributed by atoms with Gasteiger partial charge in [0.05, 0.1) is 17.2 Å². The zero-order valence-corrected chi connectivity index (χ0v) is 18.8. The second kappa shape index (κ2) is 8.19. The van der Waals surface area contributed by atoms with E-state index >= 15 is 0 Å². The van der Waals surface area contributed by atoms with Gasteiger partial charge in [-0.3, -0.25) is 4.99 Å². The summed E-state index contributed by atoms with van der Waals surface area (Å²) in [5.41, 5.74) is 1.55. The molecule has 2 aromatic carbocycles. The molecule has 0 saturated carbocycles. The van der Waals surface area contributed by atoms with Crippen LogP contribution in [0.5, 0.6) is 17.2 Å². The summed E-state index contributed by atoms with van der Waals surface area (Å²) in [6.07, 6.45) is 1.46. The van der Waals surface area contributed by atoms with Crippen LogP contribution in [0.4, 0.5) is 5.69 Å². The van der Waals surface area contributed by atoms with Gasteiger partial charge < -0.3 is 14.9 Å². The molecule has 2 rings (SSSR count). The summed E-state index contributed by atoms with van der Waals surface area (Å²) < 4.78 is 6.78. The highest BCUT2D eigenvalue weighted by Gasteiger charge is 2.19. The van der Waals surface area contributed by atoms with E-state index in [1.54, 1.807) is 18.2 Å². The Morgan fingerprint density at radius 1 is 1.15 bits per heavy atom. The minimum absolute atomic E-state index is 0.0387. The summed E-state index contributed by atoms with van der Waals surface area (Å²) in [6, 6.07) is 5.19. The number of halogens is 3. The molecular formula is C19H20Br2ClNO3. The van der Waals surface area contributed by atoms with Crippen molar-refractivity contribution in [3.05, 3.63) is 43.3 Å². The molecule has 0 radical (unpaired) electrons. The molecule has 0 atom stereocenters. The third-order valence-corrected chi connectivity index (χ3v) is 6.03. The fraction of sp³-hybridized carbons (Fsp3) is 0.316. The van der Waals surface area contributed by atoms with E-state index in [4.69, 9.17) is 16.3 Å². The number of rotatable bonds is 4. The van der Waals surface area contributed by atoms with Crippen LogP contribution < -0.4 is 4.74 Å². The van der Waals surface area contributed by atoms with Gasteiger partial charge in [0.15, 0.2) is 17.2 Å². The van der Waals surface area contributed by atoms with Gasteiger partial charge in [0, 0.05) is 15.2 Å². The molecule has 0 aliphatic rings. The molecule has 0 heterocycles. The van der Waals surface area contributed by atoms with Crippen molar-refractivity contribution in [2.45, 2.75) is 33.1 Å². The van der Waals surface area contributed by atoms with Crippen molar-refractivity contribution in [1.29, 1.82) is 0 Å². The summed E-state index contributed by atoms with van der Waals surface area (Å²) in [4.78, 5) is 4.35. The van der Waals surface area contributed by atoms with Crippen LogP contribution in [0.25, 0.3) is 0 Å². The van der Waals surface area contributed by atoms with Gasteiger partial charge in [0.2, 0.25) is 0 Å². The molecule has 0 unspecified atom stereocenters. The average molecular weight is 506 g/mol. The Kier molecular flexibility index (Phi) is 6.64. The summed E-state index contributed by atoms with van der Waals surface area (Å²) in [7, 11) is 0. The number of benzene rings is 2. The molecule has 7 heteroatoms. The molecular weight excluding hydrogens is 485 g/mol. The van der Waals surface area contributed by atoms with E-state index in [-0.39, 0.29) is 21.9 Å². The molecule has 2 N–H and O–H groups in total. The van der Waals surface area contributed by atoms with Gasteiger partial charge in [0.1, 0.15) is 5.69 Å². The maximum Gasteiger partial charge on any atom is 0.167 e. The van der Waals surface area contributed by atoms with E-state index < -0.39 is 0 Å². The van der Waals surface area contributed by atoms with Crippen molar-refractivity contribution in [2.75, 3.05) is 6.61 Å². The topological polar surface area (TPSA) is 62.0 Å². The third-order valence-electron chi connectivity index (χ3n) is 3.73. The second-order valence-corrected chi connectivity index (χ2v) is 8.75. The van der Waals surface area contributed by atoms with Crippen LogP contribution in [0.15, 0.2) is 32.1 Å². The predicted molar refractivity (Wildman–Crippen MR) is 114 cm³/mol. The third kappa shape index (κ3) is 4.53. The summed E-state index contributed by atoms with van der Waals surface area (Å²) in [5, 5.41) is 20.9. The predicted octanol–water partition coefficient (Wildman–Crippen LogP) is 6.72. The van der Waals surface area contributed by atoms with Gasteiger partial charge in [-0.2, -0.15) is 0 Å². The first-order valence-corrected chi connectivity index (χ1v) is 9.93. The number of phenols is 2. The Labute approximate surface area is 175 Å². The molecule has 0 fully saturated rings. The number of phenolic OH excluding ortho intramolecular Hbond substituents is 2. The quantitative estimate of drug-likeness (QED) is 0.453. The van der Waals surface area contributed by atoms with Crippen molar-refractivity contribution in [3.8, 4) is 17.2 Å². The molecule has 0 amide bonds. The molecule has 0 spiro atoms. The standard InChI is InChI=1S/C19H20Br2ClNO3/c1-5-26-15-8-12(20)16(21)11(17(15)24)9-23-14-7-10(19(2,3)4)6-13(22)18(14)25/h6-9,24-25H,5H2,1-4H3. The van der Waals surface area contributed by atoms with E-state index in [2.05, 4.69) is 36.9 Å². The van der Waals surface area contributed by atoms with Crippen LogP contribution in [0.1, 0.15) is 38.8 Å². The lowest BCUT2D eigenvalue weighted by Crippen LogP contribution is -2.10. The smallest absolute Gasteiger partial charge is 0.167 e. The number of aromatic hydroxyl groups is 2. The second-order valence-electron chi connectivity index (χ2n) is 6.70. The first-order valence-electron chi connectivity index (χ1n) is 7.97. The molecule has 0 saturated heterocycles. The van der Waals surface area contributed by atoms with Gasteiger partial charge in [-0.25, -0.2) is 0 Å². The normalized spacial score (nSPS) is 12.0. The van der Waals surface area contributed by atoms with E-state index in [1.165, 1.54) is 6.21 Å². The Bertz CT molecular complexity index is 861. The van der Waals surface area contributed by atoms with E-state index in [0.717, 1.165) is 5.56 Å². The summed E-state index contributed by atoms with van der Waals surface area (Å²) >= 11 is 13.0. The van der Waals surface area contributed by atoms with Crippen molar-refractivity contribution >= 4 is 55.4 Å². The fourth-order valence-electron chi connectivity index (χ4n) is 2.25. The van der Waals surface area contributed by atoms with Gasteiger partial charge in [-0.05, 0) is 68.0 Å². The van der Waals surface area contributed by atoms with Crippen LogP contribution in [0.3, 0.4) is 0 Å². The zero-order valence-electron chi connectivity index (χ0n) is 14.9. The molecule has 140 valence electrons. The van der Waals surface area contributed by atoms with Crippen molar-refractivity contribution in [1.82, 2.24) is 0 Å². The largest absolute Gasteiger partial charge is 0.504 e. The molecule has 0 bridgehead atoms. The zero-order chi connectivity index (χ0) is 19.6. The molecule has 0 aromatic heterocycles. The summed E-state index contributed by atoms with van der Waals surface area (Å²) in [6.45, 7) is 8.40. The van der Waals surface area contributed by atoms with Crippen molar-refractivity contribution < 1.29 is 14.9 Å². The minimum Gasteiger partial charge on any atom is -0.504 e. The average Bonchev–Trinajstić information content (AvgIpc) is 2.55. The van der Waals surface area contributed by atoms with E-state index in [0.29, 0.717) is 32.6 Å². The Morgan fingerprint density at radius 3 is 2.38 bits per heavy atom. The SMILES string of the molecule is CCOc1cc(Br)c(Br)c(C=Nc2cc(C(C)(C)C)cc(Cl)c2O)c1O. The van der Waals surface area contributed by atoms with Crippen LogP contribution >= 0.6 is 43.5 Å². The number of ether oxygens (including phenoxy) is 1. The lowest BCUT2D eigenvalue weighted by Gasteiger charge is -2.20. The maximum atomic E-state index is 10.5. The number of hydrogen-bond donors (Lipinski definition) is 2. The van der Waals surface area contributed by atoms with E-state index in [1.807, 2.05) is 27.7 Å². The van der Waals surface area contributed by atoms with E-state index in [9.17, 15) is 10.2 Å². The van der Waals surface area contributed by atoms with Crippen molar-refractivity contribution in [3.63, 3.8) is 0 Å². The van der Waals surface area contributed by atoms with Crippen LogP contribution in [-0.4, -0.2) is 23.0 Å². The van der Waals surface area contributed by atoms with Crippen LogP contribution in [-0.2, 0) is 5.41 Å².